The molecule has 0 aliphatic rings. The average Bonchev–Trinajstić information content (AvgIpc) is 3.05. The number of aryl methyl sites for hydroxylation is 2. The van der Waals surface area contributed by atoms with Gasteiger partial charge in [-0.15, -0.1) is 0 Å². The van der Waals surface area contributed by atoms with Crippen LogP contribution in [0.5, 0.6) is 0 Å². The molecule has 2 heterocycles. The van der Waals surface area contributed by atoms with Crippen molar-refractivity contribution < 1.29 is 4.79 Å². The molecule has 0 fully saturated rings. The van der Waals surface area contributed by atoms with Crippen molar-refractivity contribution in [2.45, 2.75) is 20.8 Å². The monoisotopic (exact) mass is 501 g/mol. The first-order valence-electron chi connectivity index (χ1n) is 10.2. The summed E-state index contributed by atoms with van der Waals surface area (Å²) in [5.41, 5.74) is 3.11. The van der Waals surface area contributed by atoms with Crippen LogP contribution in [-0.4, -0.2) is 20.2 Å². The van der Waals surface area contributed by atoms with Gasteiger partial charge in [0.05, 0.1) is 10.9 Å². The number of halogens is 1. The van der Waals surface area contributed by atoms with Crippen LogP contribution in [0.25, 0.3) is 17.0 Å². The summed E-state index contributed by atoms with van der Waals surface area (Å²) >= 11 is 3.36. The van der Waals surface area contributed by atoms with Crippen molar-refractivity contribution in [2.24, 2.45) is 0 Å². The van der Waals surface area contributed by atoms with Crippen molar-refractivity contribution in [1.29, 1.82) is 5.26 Å². The standard InChI is InChI=1S/C25H20BrN5O2/c1-15-11-18(12-19(14-27)24(32)29-21-8-6-7-20(26)13-21)16(2)30(15)31-17(3)28-23-10-5-4-9-22(23)25(31)33/h4-13H,1-3H3,(H,29,32). The highest BCUT2D eigenvalue weighted by molar-refractivity contribution is 9.10. The van der Waals surface area contributed by atoms with Gasteiger partial charge in [-0.3, -0.25) is 14.3 Å². The Morgan fingerprint density at radius 3 is 2.58 bits per heavy atom. The van der Waals surface area contributed by atoms with E-state index in [4.69, 9.17) is 0 Å². The molecule has 1 amide bonds. The van der Waals surface area contributed by atoms with Crippen LogP contribution in [0.3, 0.4) is 0 Å². The van der Waals surface area contributed by atoms with Gasteiger partial charge in [0.15, 0.2) is 0 Å². The van der Waals surface area contributed by atoms with E-state index in [1.165, 1.54) is 10.8 Å². The minimum absolute atomic E-state index is 0.0454. The van der Waals surface area contributed by atoms with E-state index in [1.54, 1.807) is 48.0 Å². The third-order valence-corrected chi connectivity index (χ3v) is 5.79. The second-order valence-corrected chi connectivity index (χ2v) is 8.48. The molecule has 0 saturated carbocycles. The predicted molar refractivity (Wildman–Crippen MR) is 132 cm³/mol. The van der Waals surface area contributed by atoms with Crippen molar-refractivity contribution in [3.8, 4) is 6.07 Å². The number of nitrogens with zero attached hydrogens (tertiary/aromatic N) is 4. The van der Waals surface area contributed by atoms with Gasteiger partial charge in [0.1, 0.15) is 17.5 Å². The smallest absolute Gasteiger partial charge is 0.280 e. The molecule has 0 unspecified atom stereocenters. The molecule has 7 nitrogen and oxygen atoms in total. The molecule has 0 bridgehead atoms. The molecule has 0 aliphatic carbocycles. The highest BCUT2D eigenvalue weighted by Crippen LogP contribution is 2.21. The van der Waals surface area contributed by atoms with Gasteiger partial charge >= 0.3 is 0 Å². The molecule has 2 aromatic heterocycles. The van der Waals surface area contributed by atoms with E-state index >= 15 is 0 Å². The summed E-state index contributed by atoms with van der Waals surface area (Å²) in [7, 11) is 0. The Bertz CT molecular complexity index is 1540. The maximum absolute atomic E-state index is 13.2. The van der Waals surface area contributed by atoms with Crippen LogP contribution in [0.15, 0.2) is 69.4 Å². The molecule has 164 valence electrons. The summed E-state index contributed by atoms with van der Waals surface area (Å²) in [4.78, 5) is 30.5. The van der Waals surface area contributed by atoms with Crippen molar-refractivity contribution in [2.75, 3.05) is 5.32 Å². The van der Waals surface area contributed by atoms with Crippen molar-refractivity contribution in [3.63, 3.8) is 0 Å². The highest BCUT2D eigenvalue weighted by Gasteiger charge is 2.17. The van der Waals surface area contributed by atoms with E-state index in [1.807, 2.05) is 38.1 Å². The summed E-state index contributed by atoms with van der Waals surface area (Å²) in [5.74, 6) is 0.0186. The Hall–Kier alpha value is -3.96. The first kappa shape index (κ1) is 22.2. The van der Waals surface area contributed by atoms with Crippen molar-refractivity contribution in [1.82, 2.24) is 14.3 Å². The van der Waals surface area contributed by atoms with Crippen molar-refractivity contribution in [3.05, 3.63) is 97.8 Å². The zero-order chi connectivity index (χ0) is 23.7. The molecule has 0 atom stereocenters. The van der Waals surface area contributed by atoms with Crippen LogP contribution in [0.2, 0.25) is 0 Å². The second-order valence-electron chi connectivity index (χ2n) is 7.57. The lowest BCUT2D eigenvalue weighted by Crippen LogP contribution is -2.30. The van der Waals surface area contributed by atoms with E-state index in [0.717, 1.165) is 10.2 Å². The number of rotatable bonds is 4. The first-order valence-corrected chi connectivity index (χ1v) is 11.0. The van der Waals surface area contributed by atoms with Gasteiger partial charge in [0.2, 0.25) is 0 Å². The van der Waals surface area contributed by atoms with Gasteiger partial charge in [0, 0.05) is 21.5 Å². The Balaban J connectivity index is 1.77. The van der Waals surface area contributed by atoms with Crippen LogP contribution in [-0.2, 0) is 4.79 Å². The van der Waals surface area contributed by atoms with Gasteiger partial charge in [-0.05, 0) is 68.8 Å². The summed E-state index contributed by atoms with van der Waals surface area (Å²) < 4.78 is 4.08. The maximum Gasteiger partial charge on any atom is 0.280 e. The molecule has 8 heteroatoms. The van der Waals surface area contributed by atoms with E-state index in [0.29, 0.717) is 33.7 Å². The number of anilines is 1. The third kappa shape index (κ3) is 4.23. The van der Waals surface area contributed by atoms with Crippen LogP contribution >= 0.6 is 15.9 Å². The zero-order valence-corrected chi connectivity index (χ0v) is 19.8. The predicted octanol–water partition coefficient (Wildman–Crippen LogP) is 4.74. The van der Waals surface area contributed by atoms with Crippen molar-refractivity contribution >= 4 is 44.5 Å². The fourth-order valence-corrected chi connectivity index (χ4v) is 4.17. The van der Waals surface area contributed by atoms with Crippen LogP contribution in [0.4, 0.5) is 5.69 Å². The Kier molecular flexibility index (Phi) is 5.99. The average molecular weight is 502 g/mol. The molecule has 0 spiro atoms. The number of fused-ring (bicyclic) bond motifs is 1. The quantitative estimate of drug-likeness (QED) is 0.322. The number of hydrogen-bond acceptors (Lipinski definition) is 4. The number of hydrogen-bond donors (Lipinski definition) is 1. The van der Waals surface area contributed by atoms with Gasteiger partial charge in [-0.2, -0.15) is 9.94 Å². The zero-order valence-electron chi connectivity index (χ0n) is 18.3. The Morgan fingerprint density at radius 1 is 1.09 bits per heavy atom. The molecule has 0 aliphatic heterocycles. The van der Waals surface area contributed by atoms with E-state index < -0.39 is 5.91 Å². The number of benzene rings is 2. The largest absolute Gasteiger partial charge is 0.321 e. The van der Waals surface area contributed by atoms with Crippen LogP contribution in [0.1, 0.15) is 22.8 Å². The van der Waals surface area contributed by atoms with Gasteiger partial charge in [-0.1, -0.05) is 34.1 Å². The maximum atomic E-state index is 13.2. The molecule has 0 saturated heterocycles. The molecule has 4 aromatic rings. The van der Waals surface area contributed by atoms with E-state index in [2.05, 4.69) is 26.2 Å². The number of amides is 1. The van der Waals surface area contributed by atoms with Crippen LogP contribution in [0, 0.1) is 32.1 Å². The first-order chi connectivity index (χ1) is 15.8. The lowest BCUT2D eigenvalue weighted by molar-refractivity contribution is -0.112. The number of aromatic nitrogens is 3. The molecular formula is C25H20BrN5O2. The topological polar surface area (TPSA) is 92.7 Å². The minimum Gasteiger partial charge on any atom is -0.321 e. The number of para-hydroxylation sites is 1. The lowest BCUT2D eigenvalue weighted by Gasteiger charge is -2.16. The number of nitrogens with one attached hydrogen (secondary N) is 1. The molecule has 1 N–H and O–H groups in total. The third-order valence-electron chi connectivity index (χ3n) is 5.30. The van der Waals surface area contributed by atoms with Gasteiger partial charge in [0.25, 0.3) is 11.5 Å². The number of nitriles is 1. The van der Waals surface area contributed by atoms with Crippen LogP contribution < -0.4 is 10.9 Å². The second kappa shape index (κ2) is 8.88. The molecular weight excluding hydrogens is 482 g/mol. The lowest BCUT2D eigenvalue weighted by atomic mass is 10.1. The van der Waals surface area contributed by atoms with E-state index in [-0.39, 0.29) is 11.1 Å². The SMILES string of the molecule is Cc1cc(C=C(C#N)C(=O)Nc2cccc(Br)c2)c(C)n1-n1c(C)nc2ccccc2c1=O. The minimum atomic E-state index is -0.513. The molecule has 33 heavy (non-hydrogen) atoms. The normalized spacial score (nSPS) is 11.4. The fraction of sp³-hybridized carbons (Fsp3) is 0.120. The Labute approximate surface area is 198 Å². The molecule has 0 radical (unpaired) electrons. The number of carbonyl (C=O) groups excluding carboxylic acids is 1. The summed E-state index contributed by atoms with van der Waals surface area (Å²) in [5, 5.41) is 12.9. The number of carbonyl (C=O) groups is 1. The fourth-order valence-electron chi connectivity index (χ4n) is 3.77. The van der Waals surface area contributed by atoms with Gasteiger partial charge in [-0.25, -0.2) is 4.98 Å². The summed E-state index contributed by atoms with van der Waals surface area (Å²) in [6.07, 6.45) is 1.53. The molecule has 4 rings (SSSR count). The summed E-state index contributed by atoms with van der Waals surface area (Å²) in [6.45, 7) is 5.47. The van der Waals surface area contributed by atoms with E-state index in [9.17, 15) is 14.9 Å². The summed E-state index contributed by atoms with van der Waals surface area (Å²) in [6, 6.07) is 18.1. The highest BCUT2D eigenvalue weighted by atomic mass is 79.9. The Morgan fingerprint density at radius 2 is 1.85 bits per heavy atom. The molecule has 2 aromatic carbocycles. The van der Waals surface area contributed by atoms with Gasteiger partial charge < -0.3 is 5.32 Å².